The molecule has 0 aliphatic carbocycles. The predicted molar refractivity (Wildman–Crippen MR) is 84.8 cm³/mol. The lowest BCUT2D eigenvalue weighted by Crippen LogP contribution is -2.52. The molecule has 3 rings (SSSR count). The van der Waals surface area contributed by atoms with Crippen molar-refractivity contribution < 1.29 is 9.59 Å². The summed E-state index contributed by atoms with van der Waals surface area (Å²) >= 11 is 0. The lowest BCUT2D eigenvalue weighted by molar-refractivity contribution is -0.117. The van der Waals surface area contributed by atoms with Crippen molar-refractivity contribution in [2.24, 2.45) is 0 Å². The predicted octanol–water partition coefficient (Wildman–Crippen LogP) is 0.749. The molecule has 0 unspecified atom stereocenters. The topological polar surface area (TPSA) is 55.9 Å². The van der Waals surface area contributed by atoms with Gasteiger partial charge in [0.15, 0.2) is 0 Å². The minimum atomic E-state index is -0.111. The highest BCUT2D eigenvalue weighted by atomic mass is 16.2. The van der Waals surface area contributed by atoms with E-state index in [1.807, 2.05) is 35.2 Å². The Morgan fingerprint density at radius 3 is 2.50 bits per heavy atom. The second kappa shape index (κ2) is 6.36. The number of carbonyl (C=O) groups is 2. The first kappa shape index (κ1) is 14.8. The van der Waals surface area contributed by atoms with Crippen LogP contribution in [0.5, 0.6) is 0 Å². The number of amides is 3. The van der Waals surface area contributed by atoms with Crippen molar-refractivity contribution in [2.75, 3.05) is 44.7 Å². The summed E-state index contributed by atoms with van der Waals surface area (Å²) in [6.45, 7) is 3.82. The Labute approximate surface area is 130 Å². The molecule has 118 valence electrons. The van der Waals surface area contributed by atoms with Crippen molar-refractivity contribution >= 4 is 17.6 Å². The van der Waals surface area contributed by atoms with Crippen LogP contribution in [-0.4, -0.2) is 67.6 Å². The molecular formula is C16H22N4O2. The van der Waals surface area contributed by atoms with E-state index in [1.54, 1.807) is 4.90 Å². The third-order valence-corrected chi connectivity index (χ3v) is 4.31. The molecule has 2 fully saturated rings. The van der Waals surface area contributed by atoms with Crippen LogP contribution in [0.25, 0.3) is 0 Å². The summed E-state index contributed by atoms with van der Waals surface area (Å²) in [6.07, 6.45) is 0.369. The standard InChI is InChI=1S/C16H22N4O2/c1-18-7-9-19(10-8-18)16(22)17-13-11-15(21)20(12-13)14-5-3-2-4-6-14/h2-6,13H,7-12H2,1H3,(H,17,22)/t13-/m0/s1. The van der Waals surface area contributed by atoms with Crippen LogP contribution in [-0.2, 0) is 4.79 Å². The smallest absolute Gasteiger partial charge is 0.317 e. The Balaban J connectivity index is 1.56. The Bertz CT molecular complexity index is 540. The summed E-state index contributed by atoms with van der Waals surface area (Å²) < 4.78 is 0. The zero-order valence-corrected chi connectivity index (χ0v) is 12.9. The molecule has 1 atom stereocenters. The first-order valence-corrected chi connectivity index (χ1v) is 7.73. The van der Waals surface area contributed by atoms with E-state index < -0.39 is 0 Å². The van der Waals surface area contributed by atoms with Gasteiger partial charge in [-0.25, -0.2) is 4.79 Å². The zero-order valence-electron chi connectivity index (χ0n) is 12.9. The summed E-state index contributed by atoms with van der Waals surface area (Å²) in [4.78, 5) is 30.2. The van der Waals surface area contributed by atoms with Crippen molar-refractivity contribution in [1.82, 2.24) is 15.1 Å². The molecule has 0 spiro atoms. The minimum absolute atomic E-state index is 0.0548. The molecular weight excluding hydrogens is 280 g/mol. The van der Waals surface area contributed by atoms with Crippen LogP contribution in [0.15, 0.2) is 30.3 Å². The molecule has 6 heteroatoms. The van der Waals surface area contributed by atoms with Crippen molar-refractivity contribution in [2.45, 2.75) is 12.5 Å². The van der Waals surface area contributed by atoms with Gasteiger partial charge >= 0.3 is 6.03 Å². The molecule has 0 radical (unpaired) electrons. The summed E-state index contributed by atoms with van der Waals surface area (Å²) in [6, 6.07) is 9.43. The van der Waals surface area contributed by atoms with Gasteiger partial charge < -0.3 is 20.0 Å². The molecule has 2 aliphatic heterocycles. The molecule has 2 aliphatic rings. The number of rotatable bonds is 2. The Morgan fingerprint density at radius 1 is 1.14 bits per heavy atom. The van der Waals surface area contributed by atoms with Crippen LogP contribution < -0.4 is 10.2 Å². The first-order valence-electron chi connectivity index (χ1n) is 7.73. The molecule has 1 aromatic rings. The maximum atomic E-state index is 12.3. The fourth-order valence-electron chi connectivity index (χ4n) is 2.94. The second-order valence-electron chi connectivity index (χ2n) is 5.98. The maximum absolute atomic E-state index is 12.3. The van der Waals surface area contributed by atoms with Crippen LogP contribution in [0.2, 0.25) is 0 Å². The van der Waals surface area contributed by atoms with Crippen LogP contribution in [0, 0.1) is 0 Å². The van der Waals surface area contributed by atoms with Gasteiger partial charge in [0.05, 0.1) is 6.04 Å². The lowest BCUT2D eigenvalue weighted by Gasteiger charge is -2.33. The monoisotopic (exact) mass is 302 g/mol. The van der Waals surface area contributed by atoms with Gasteiger partial charge in [0.2, 0.25) is 5.91 Å². The largest absolute Gasteiger partial charge is 0.333 e. The van der Waals surface area contributed by atoms with E-state index in [4.69, 9.17) is 0 Å². The highest BCUT2D eigenvalue weighted by Crippen LogP contribution is 2.21. The molecule has 0 bridgehead atoms. The number of hydrogen-bond acceptors (Lipinski definition) is 3. The molecule has 2 heterocycles. The summed E-state index contributed by atoms with van der Waals surface area (Å²) in [7, 11) is 2.06. The van der Waals surface area contributed by atoms with Crippen LogP contribution in [0.3, 0.4) is 0 Å². The average Bonchev–Trinajstić information content (AvgIpc) is 2.89. The average molecular weight is 302 g/mol. The van der Waals surface area contributed by atoms with Gasteiger partial charge in [0.1, 0.15) is 0 Å². The number of urea groups is 1. The van der Waals surface area contributed by atoms with E-state index >= 15 is 0 Å². The van der Waals surface area contributed by atoms with E-state index in [2.05, 4.69) is 17.3 Å². The highest BCUT2D eigenvalue weighted by Gasteiger charge is 2.32. The molecule has 22 heavy (non-hydrogen) atoms. The van der Waals surface area contributed by atoms with E-state index in [0.717, 1.165) is 31.9 Å². The molecule has 1 N–H and O–H groups in total. The van der Waals surface area contributed by atoms with E-state index in [0.29, 0.717) is 13.0 Å². The number of nitrogens with one attached hydrogen (secondary N) is 1. The van der Waals surface area contributed by atoms with Crippen molar-refractivity contribution in [3.05, 3.63) is 30.3 Å². The molecule has 0 aromatic heterocycles. The number of para-hydroxylation sites is 1. The number of carbonyl (C=O) groups excluding carboxylic acids is 2. The Hall–Kier alpha value is -2.08. The quantitative estimate of drug-likeness (QED) is 0.877. The minimum Gasteiger partial charge on any atom is -0.333 e. The fourth-order valence-corrected chi connectivity index (χ4v) is 2.94. The highest BCUT2D eigenvalue weighted by molar-refractivity contribution is 5.96. The van der Waals surface area contributed by atoms with Gasteiger partial charge in [0, 0.05) is 44.8 Å². The molecule has 2 saturated heterocycles. The fraction of sp³-hybridized carbons (Fsp3) is 0.500. The zero-order chi connectivity index (χ0) is 15.5. The first-order chi connectivity index (χ1) is 10.6. The number of benzene rings is 1. The number of nitrogens with zero attached hydrogens (tertiary/aromatic N) is 3. The van der Waals surface area contributed by atoms with Gasteiger partial charge in [-0.3, -0.25) is 4.79 Å². The number of piperazine rings is 1. The SMILES string of the molecule is CN1CCN(C(=O)N[C@H]2CC(=O)N(c3ccccc3)C2)CC1. The van der Waals surface area contributed by atoms with Gasteiger partial charge in [-0.1, -0.05) is 18.2 Å². The number of anilines is 1. The van der Waals surface area contributed by atoms with Gasteiger partial charge in [0.25, 0.3) is 0 Å². The Morgan fingerprint density at radius 2 is 1.82 bits per heavy atom. The van der Waals surface area contributed by atoms with Crippen molar-refractivity contribution in [3.63, 3.8) is 0 Å². The number of hydrogen-bond donors (Lipinski definition) is 1. The second-order valence-corrected chi connectivity index (χ2v) is 5.98. The Kier molecular flexibility index (Phi) is 4.29. The van der Waals surface area contributed by atoms with E-state index in [9.17, 15) is 9.59 Å². The normalized spacial score (nSPS) is 23.0. The van der Waals surface area contributed by atoms with Crippen LogP contribution in [0.1, 0.15) is 6.42 Å². The maximum Gasteiger partial charge on any atom is 0.317 e. The summed E-state index contributed by atoms with van der Waals surface area (Å²) in [5, 5.41) is 3.00. The third-order valence-electron chi connectivity index (χ3n) is 4.31. The molecule has 6 nitrogen and oxygen atoms in total. The molecule has 1 aromatic carbocycles. The van der Waals surface area contributed by atoms with Gasteiger partial charge in [-0.05, 0) is 19.2 Å². The van der Waals surface area contributed by atoms with Crippen LogP contribution in [0.4, 0.5) is 10.5 Å². The van der Waals surface area contributed by atoms with E-state index in [-0.39, 0.29) is 18.0 Å². The van der Waals surface area contributed by atoms with Gasteiger partial charge in [-0.2, -0.15) is 0 Å². The third kappa shape index (κ3) is 3.22. The van der Waals surface area contributed by atoms with E-state index in [1.165, 1.54) is 0 Å². The molecule has 0 saturated carbocycles. The van der Waals surface area contributed by atoms with Crippen molar-refractivity contribution in [3.8, 4) is 0 Å². The van der Waals surface area contributed by atoms with Gasteiger partial charge in [-0.15, -0.1) is 0 Å². The summed E-state index contributed by atoms with van der Waals surface area (Å²) in [5.41, 5.74) is 0.892. The summed E-state index contributed by atoms with van der Waals surface area (Å²) in [5.74, 6) is 0.0647. The van der Waals surface area contributed by atoms with Crippen LogP contribution >= 0.6 is 0 Å². The molecule has 3 amide bonds. The lowest BCUT2D eigenvalue weighted by atomic mass is 10.2. The van der Waals surface area contributed by atoms with Crippen molar-refractivity contribution in [1.29, 1.82) is 0 Å². The number of likely N-dealkylation sites (N-methyl/N-ethyl adjacent to an activating group) is 1.